The van der Waals surface area contributed by atoms with Gasteiger partial charge in [-0.15, -0.1) is 11.3 Å². The molecule has 0 atom stereocenters. The second-order valence-electron chi connectivity index (χ2n) is 5.69. The van der Waals surface area contributed by atoms with Crippen LogP contribution in [0.5, 0.6) is 0 Å². The SMILES string of the molecule is CN(CC(=O)c1ccc2c(c1)CCC2)Cc1csc(Br)c1. The summed E-state index contributed by atoms with van der Waals surface area (Å²) in [6.45, 7) is 1.27. The number of ketones is 1. The van der Waals surface area contributed by atoms with E-state index in [1.54, 1.807) is 11.3 Å². The maximum Gasteiger partial charge on any atom is 0.176 e. The lowest BCUT2D eigenvalue weighted by molar-refractivity contribution is 0.0943. The van der Waals surface area contributed by atoms with Crippen LogP contribution in [-0.2, 0) is 19.4 Å². The number of hydrogen-bond acceptors (Lipinski definition) is 3. The fourth-order valence-corrected chi connectivity index (χ4v) is 4.08. The average Bonchev–Trinajstić information content (AvgIpc) is 3.06. The van der Waals surface area contributed by atoms with Gasteiger partial charge in [-0.05, 0) is 76.4 Å². The number of fused-ring (bicyclic) bond motifs is 1. The Morgan fingerprint density at radius 3 is 2.86 bits per heavy atom. The van der Waals surface area contributed by atoms with E-state index in [0.29, 0.717) is 6.54 Å². The number of aryl methyl sites for hydroxylation is 2. The van der Waals surface area contributed by atoms with Gasteiger partial charge in [0.15, 0.2) is 5.78 Å². The molecule has 0 bridgehead atoms. The van der Waals surface area contributed by atoms with Crippen molar-refractivity contribution in [1.82, 2.24) is 4.90 Å². The number of benzene rings is 1. The van der Waals surface area contributed by atoms with E-state index in [9.17, 15) is 4.79 Å². The number of hydrogen-bond donors (Lipinski definition) is 0. The van der Waals surface area contributed by atoms with Crippen molar-refractivity contribution in [3.8, 4) is 0 Å². The van der Waals surface area contributed by atoms with Gasteiger partial charge in [-0.3, -0.25) is 9.69 Å². The van der Waals surface area contributed by atoms with Crippen LogP contribution >= 0.6 is 27.3 Å². The summed E-state index contributed by atoms with van der Waals surface area (Å²) < 4.78 is 1.14. The molecule has 0 N–H and O–H groups in total. The van der Waals surface area contributed by atoms with Crippen molar-refractivity contribution in [3.63, 3.8) is 0 Å². The molecular formula is C17H18BrNOS. The third-order valence-electron chi connectivity index (χ3n) is 3.91. The van der Waals surface area contributed by atoms with Crippen molar-refractivity contribution in [1.29, 1.82) is 0 Å². The number of Topliss-reactive ketones (excluding diaryl/α,β-unsaturated/α-hetero) is 1. The summed E-state index contributed by atoms with van der Waals surface area (Å²) in [6.07, 6.45) is 3.51. The standard InChI is InChI=1S/C17H18BrNOS/c1-19(9-12-7-17(18)21-11-12)10-16(20)15-6-5-13-3-2-4-14(13)8-15/h5-8,11H,2-4,9-10H2,1H3. The van der Waals surface area contributed by atoms with Crippen LogP contribution in [0.1, 0.15) is 33.5 Å². The van der Waals surface area contributed by atoms with Crippen molar-refractivity contribution in [2.75, 3.05) is 13.6 Å². The van der Waals surface area contributed by atoms with Gasteiger partial charge in [0.1, 0.15) is 0 Å². The Morgan fingerprint density at radius 1 is 1.29 bits per heavy atom. The molecule has 0 saturated heterocycles. The van der Waals surface area contributed by atoms with E-state index in [1.807, 2.05) is 13.1 Å². The maximum absolute atomic E-state index is 12.4. The molecule has 4 heteroatoms. The van der Waals surface area contributed by atoms with Gasteiger partial charge >= 0.3 is 0 Å². The number of halogens is 1. The van der Waals surface area contributed by atoms with Crippen LogP contribution in [0.25, 0.3) is 0 Å². The molecule has 0 amide bonds. The molecule has 21 heavy (non-hydrogen) atoms. The predicted octanol–water partition coefficient (Wildman–Crippen LogP) is 4.31. The lowest BCUT2D eigenvalue weighted by Crippen LogP contribution is -2.25. The molecule has 0 radical (unpaired) electrons. The van der Waals surface area contributed by atoms with E-state index in [2.05, 4.69) is 44.4 Å². The zero-order chi connectivity index (χ0) is 14.8. The number of rotatable bonds is 5. The van der Waals surface area contributed by atoms with Crippen LogP contribution in [-0.4, -0.2) is 24.3 Å². The molecule has 1 aromatic carbocycles. The fourth-order valence-electron chi connectivity index (χ4n) is 2.88. The summed E-state index contributed by atoms with van der Waals surface area (Å²) in [5.74, 6) is 0.210. The number of carbonyl (C=O) groups excluding carboxylic acids is 1. The van der Waals surface area contributed by atoms with Crippen LogP contribution in [0.15, 0.2) is 33.4 Å². The van der Waals surface area contributed by atoms with Gasteiger partial charge in [-0.1, -0.05) is 12.1 Å². The van der Waals surface area contributed by atoms with Crippen LogP contribution in [0.4, 0.5) is 0 Å². The maximum atomic E-state index is 12.4. The molecule has 1 heterocycles. The lowest BCUT2D eigenvalue weighted by atomic mass is 10.0. The highest BCUT2D eigenvalue weighted by Gasteiger charge is 2.15. The Kier molecular flexibility index (Phi) is 4.57. The smallest absolute Gasteiger partial charge is 0.176 e. The molecule has 1 aliphatic rings. The molecule has 2 nitrogen and oxygen atoms in total. The first kappa shape index (κ1) is 14.9. The van der Waals surface area contributed by atoms with E-state index >= 15 is 0 Å². The summed E-state index contributed by atoms with van der Waals surface area (Å²) in [4.78, 5) is 14.5. The molecule has 3 rings (SSSR count). The minimum Gasteiger partial charge on any atom is -0.295 e. The van der Waals surface area contributed by atoms with E-state index in [4.69, 9.17) is 0 Å². The molecule has 0 spiro atoms. The van der Waals surface area contributed by atoms with Crippen molar-refractivity contribution in [3.05, 3.63) is 55.7 Å². The van der Waals surface area contributed by atoms with E-state index in [0.717, 1.165) is 28.7 Å². The second kappa shape index (κ2) is 6.42. The molecule has 0 saturated carbocycles. The topological polar surface area (TPSA) is 20.3 Å². The molecular weight excluding hydrogens is 346 g/mol. The largest absolute Gasteiger partial charge is 0.295 e. The molecule has 1 aliphatic carbocycles. The second-order valence-corrected chi connectivity index (χ2v) is 7.98. The quantitative estimate of drug-likeness (QED) is 0.737. The summed E-state index contributed by atoms with van der Waals surface area (Å²) in [5, 5.41) is 2.13. The Labute approximate surface area is 137 Å². The van der Waals surface area contributed by atoms with Gasteiger partial charge < -0.3 is 0 Å². The summed E-state index contributed by atoms with van der Waals surface area (Å²) >= 11 is 5.15. The zero-order valence-corrected chi connectivity index (χ0v) is 14.5. The molecule has 0 unspecified atom stereocenters. The molecule has 110 valence electrons. The van der Waals surface area contributed by atoms with Crippen LogP contribution in [0.3, 0.4) is 0 Å². The minimum atomic E-state index is 0.210. The van der Waals surface area contributed by atoms with E-state index in [1.165, 1.54) is 23.1 Å². The van der Waals surface area contributed by atoms with E-state index < -0.39 is 0 Å². The van der Waals surface area contributed by atoms with Crippen LogP contribution < -0.4 is 0 Å². The van der Waals surface area contributed by atoms with Crippen molar-refractivity contribution in [2.45, 2.75) is 25.8 Å². The summed E-state index contributed by atoms with van der Waals surface area (Å²) in [5.41, 5.74) is 4.89. The number of likely N-dealkylation sites (N-methyl/N-ethyl adjacent to an activating group) is 1. The van der Waals surface area contributed by atoms with Gasteiger partial charge in [-0.25, -0.2) is 0 Å². The van der Waals surface area contributed by atoms with Crippen LogP contribution in [0, 0.1) is 0 Å². The monoisotopic (exact) mass is 363 g/mol. The van der Waals surface area contributed by atoms with Gasteiger partial charge in [0.2, 0.25) is 0 Å². The van der Waals surface area contributed by atoms with Gasteiger partial charge in [0, 0.05) is 12.1 Å². The first-order valence-corrected chi connectivity index (χ1v) is 8.85. The Bertz CT molecular complexity index is 665. The molecule has 0 fully saturated rings. The Morgan fingerprint density at radius 2 is 2.10 bits per heavy atom. The van der Waals surface area contributed by atoms with Crippen molar-refractivity contribution in [2.24, 2.45) is 0 Å². The van der Waals surface area contributed by atoms with Crippen molar-refractivity contribution >= 4 is 33.0 Å². The zero-order valence-electron chi connectivity index (χ0n) is 12.1. The summed E-state index contributed by atoms with van der Waals surface area (Å²) in [6, 6.07) is 8.33. The van der Waals surface area contributed by atoms with E-state index in [-0.39, 0.29) is 5.78 Å². The minimum absolute atomic E-state index is 0.210. The molecule has 1 aromatic heterocycles. The third kappa shape index (κ3) is 3.62. The normalized spacial score (nSPS) is 13.7. The Hall–Kier alpha value is -0.970. The van der Waals surface area contributed by atoms with Crippen LogP contribution in [0.2, 0.25) is 0 Å². The fraction of sp³-hybridized carbons (Fsp3) is 0.353. The Balaban J connectivity index is 1.63. The number of carbonyl (C=O) groups is 1. The highest BCUT2D eigenvalue weighted by Crippen LogP contribution is 2.24. The van der Waals surface area contributed by atoms with Gasteiger partial charge in [-0.2, -0.15) is 0 Å². The molecule has 0 aliphatic heterocycles. The third-order valence-corrected chi connectivity index (χ3v) is 5.46. The van der Waals surface area contributed by atoms with Crippen molar-refractivity contribution < 1.29 is 4.79 Å². The first-order valence-electron chi connectivity index (χ1n) is 7.18. The van der Waals surface area contributed by atoms with Gasteiger partial charge in [0.25, 0.3) is 0 Å². The number of thiophene rings is 1. The number of nitrogens with zero attached hydrogens (tertiary/aromatic N) is 1. The lowest BCUT2D eigenvalue weighted by Gasteiger charge is -2.15. The summed E-state index contributed by atoms with van der Waals surface area (Å²) in [7, 11) is 2.00. The first-order chi connectivity index (χ1) is 10.1. The molecule has 2 aromatic rings. The van der Waals surface area contributed by atoms with Gasteiger partial charge in [0.05, 0.1) is 10.3 Å². The highest BCUT2D eigenvalue weighted by atomic mass is 79.9. The average molecular weight is 364 g/mol. The predicted molar refractivity (Wildman–Crippen MR) is 91.2 cm³/mol. The highest BCUT2D eigenvalue weighted by molar-refractivity contribution is 9.11.